The predicted molar refractivity (Wildman–Crippen MR) is 68.3 cm³/mol. The molecule has 1 aliphatic carbocycles. The van der Waals surface area contributed by atoms with E-state index in [1.807, 2.05) is 6.07 Å². The second-order valence-corrected chi connectivity index (χ2v) is 5.82. The van der Waals surface area contributed by atoms with Crippen molar-refractivity contribution in [3.63, 3.8) is 0 Å². The fourth-order valence-corrected chi connectivity index (χ4v) is 3.65. The molecular formula is C14H16O2S. The van der Waals surface area contributed by atoms with Crippen LogP contribution in [0.15, 0.2) is 29.1 Å². The summed E-state index contributed by atoms with van der Waals surface area (Å²) in [6, 6.07) is 4.11. The van der Waals surface area contributed by atoms with Gasteiger partial charge in [-0.2, -0.15) is 0 Å². The fraction of sp³-hybridized carbons (Fsp3) is 0.429. The van der Waals surface area contributed by atoms with Gasteiger partial charge >= 0.3 is 0 Å². The van der Waals surface area contributed by atoms with Gasteiger partial charge in [0.25, 0.3) is 0 Å². The number of fused-ring (bicyclic) bond motifs is 1. The number of aliphatic hydroxyl groups excluding tert-OH is 1. The van der Waals surface area contributed by atoms with Crippen LogP contribution in [-0.2, 0) is 19.3 Å². The summed E-state index contributed by atoms with van der Waals surface area (Å²) in [7, 11) is 0. The largest absolute Gasteiger partial charge is 0.472 e. The van der Waals surface area contributed by atoms with Gasteiger partial charge in [0, 0.05) is 16.2 Å². The molecular weight excluding hydrogens is 232 g/mol. The minimum absolute atomic E-state index is 0.386. The van der Waals surface area contributed by atoms with E-state index >= 15 is 0 Å². The van der Waals surface area contributed by atoms with Crippen LogP contribution in [0.1, 0.15) is 39.8 Å². The maximum absolute atomic E-state index is 10.2. The average molecular weight is 248 g/mol. The standard InChI is InChI=1S/C14H16O2S/c15-12(7-10-5-6-16-9-10)14-8-11-3-1-2-4-13(11)17-14/h5-6,8-9,12,15H,1-4,7H2. The first-order valence-electron chi connectivity index (χ1n) is 6.13. The molecule has 1 N–H and O–H groups in total. The van der Waals surface area contributed by atoms with E-state index in [1.54, 1.807) is 23.9 Å². The lowest BCUT2D eigenvalue weighted by Crippen LogP contribution is -1.98. The van der Waals surface area contributed by atoms with E-state index < -0.39 is 0 Å². The number of aryl methyl sites for hydroxylation is 2. The molecule has 0 aliphatic heterocycles. The van der Waals surface area contributed by atoms with E-state index in [9.17, 15) is 5.11 Å². The van der Waals surface area contributed by atoms with Crippen molar-refractivity contribution in [2.24, 2.45) is 0 Å². The molecule has 3 heteroatoms. The number of thiophene rings is 1. The normalized spacial score (nSPS) is 16.8. The van der Waals surface area contributed by atoms with Crippen LogP contribution in [0.2, 0.25) is 0 Å². The Hall–Kier alpha value is -1.06. The third-order valence-electron chi connectivity index (χ3n) is 3.35. The van der Waals surface area contributed by atoms with Crippen LogP contribution in [0.3, 0.4) is 0 Å². The zero-order valence-electron chi connectivity index (χ0n) is 9.69. The fourth-order valence-electron chi connectivity index (χ4n) is 2.41. The summed E-state index contributed by atoms with van der Waals surface area (Å²) in [5, 5.41) is 10.2. The van der Waals surface area contributed by atoms with Gasteiger partial charge in [-0.1, -0.05) is 0 Å². The van der Waals surface area contributed by atoms with Gasteiger partial charge in [-0.25, -0.2) is 0 Å². The molecule has 0 bridgehead atoms. The number of hydrogen-bond donors (Lipinski definition) is 1. The summed E-state index contributed by atoms with van der Waals surface area (Å²) in [6.45, 7) is 0. The van der Waals surface area contributed by atoms with E-state index in [0.29, 0.717) is 6.42 Å². The SMILES string of the molecule is OC(Cc1ccoc1)c1cc2c(s1)CCCC2. The molecule has 0 fully saturated rings. The highest BCUT2D eigenvalue weighted by Gasteiger charge is 2.18. The lowest BCUT2D eigenvalue weighted by atomic mass is 9.98. The van der Waals surface area contributed by atoms with Crippen LogP contribution in [0, 0.1) is 0 Å². The first-order chi connectivity index (χ1) is 8.33. The van der Waals surface area contributed by atoms with Crippen LogP contribution in [-0.4, -0.2) is 5.11 Å². The van der Waals surface area contributed by atoms with Crippen molar-refractivity contribution in [2.75, 3.05) is 0 Å². The second-order valence-electron chi connectivity index (χ2n) is 4.66. The smallest absolute Gasteiger partial charge is 0.0935 e. The van der Waals surface area contributed by atoms with Gasteiger partial charge in [-0.05, 0) is 48.9 Å². The van der Waals surface area contributed by atoms with Crippen LogP contribution in [0.5, 0.6) is 0 Å². The Morgan fingerprint density at radius 3 is 3.00 bits per heavy atom. The molecule has 3 rings (SSSR count). The molecule has 0 saturated carbocycles. The van der Waals surface area contributed by atoms with Crippen LogP contribution in [0.4, 0.5) is 0 Å². The Kier molecular flexibility index (Phi) is 3.04. The zero-order valence-corrected chi connectivity index (χ0v) is 10.5. The van der Waals surface area contributed by atoms with Gasteiger partial charge in [0.15, 0.2) is 0 Å². The molecule has 1 atom stereocenters. The molecule has 1 aliphatic rings. The summed E-state index contributed by atoms with van der Waals surface area (Å²) in [5.41, 5.74) is 2.52. The van der Waals surface area contributed by atoms with Gasteiger partial charge in [0.2, 0.25) is 0 Å². The second kappa shape index (κ2) is 4.67. The van der Waals surface area contributed by atoms with Crippen molar-refractivity contribution >= 4 is 11.3 Å². The van der Waals surface area contributed by atoms with E-state index in [1.165, 1.54) is 36.1 Å². The quantitative estimate of drug-likeness (QED) is 0.902. The lowest BCUT2D eigenvalue weighted by Gasteiger charge is -2.08. The highest BCUT2D eigenvalue weighted by molar-refractivity contribution is 7.12. The van der Waals surface area contributed by atoms with Gasteiger partial charge in [-0.15, -0.1) is 11.3 Å². The summed E-state index contributed by atoms with van der Waals surface area (Å²) in [6.07, 6.45) is 8.59. The summed E-state index contributed by atoms with van der Waals surface area (Å²) in [5.74, 6) is 0. The molecule has 2 aromatic heterocycles. The van der Waals surface area contributed by atoms with Crippen molar-refractivity contribution in [1.82, 2.24) is 0 Å². The summed E-state index contributed by atoms with van der Waals surface area (Å²) >= 11 is 1.78. The Morgan fingerprint density at radius 2 is 2.24 bits per heavy atom. The van der Waals surface area contributed by atoms with E-state index in [4.69, 9.17) is 4.42 Å². The zero-order chi connectivity index (χ0) is 11.7. The van der Waals surface area contributed by atoms with Crippen molar-refractivity contribution in [2.45, 2.75) is 38.2 Å². The number of aliphatic hydroxyl groups is 1. The van der Waals surface area contributed by atoms with E-state index in [-0.39, 0.29) is 6.10 Å². The number of rotatable bonds is 3. The van der Waals surface area contributed by atoms with Crippen LogP contribution in [0.25, 0.3) is 0 Å². The molecule has 17 heavy (non-hydrogen) atoms. The Balaban J connectivity index is 1.77. The molecule has 2 aromatic rings. The topological polar surface area (TPSA) is 33.4 Å². The summed E-state index contributed by atoms with van der Waals surface area (Å²) in [4.78, 5) is 2.59. The van der Waals surface area contributed by atoms with Crippen molar-refractivity contribution < 1.29 is 9.52 Å². The number of hydrogen-bond acceptors (Lipinski definition) is 3. The van der Waals surface area contributed by atoms with Gasteiger partial charge in [0.1, 0.15) is 0 Å². The number of furan rings is 1. The molecule has 2 nitrogen and oxygen atoms in total. The Morgan fingerprint density at radius 1 is 1.35 bits per heavy atom. The van der Waals surface area contributed by atoms with Gasteiger partial charge in [0.05, 0.1) is 18.6 Å². The molecule has 2 heterocycles. The van der Waals surface area contributed by atoms with E-state index in [0.717, 1.165) is 10.4 Å². The summed E-state index contributed by atoms with van der Waals surface area (Å²) < 4.78 is 5.02. The minimum Gasteiger partial charge on any atom is -0.472 e. The van der Waals surface area contributed by atoms with Crippen molar-refractivity contribution in [3.8, 4) is 0 Å². The maximum atomic E-state index is 10.2. The lowest BCUT2D eigenvalue weighted by molar-refractivity contribution is 0.182. The molecule has 90 valence electrons. The van der Waals surface area contributed by atoms with Gasteiger partial charge < -0.3 is 9.52 Å². The van der Waals surface area contributed by atoms with Crippen molar-refractivity contribution in [1.29, 1.82) is 0 Å². The van der Waals surface area contributed by atoms with Crippen molar-refractivity contribution in [3.05, 3.63) is 45.5 Å². The molecule has 1 unspecified atom stereocenters. The first-order valence-corrected chi connectivity index (χ1v) is 6.95. The Bertz CT molecular complexity index is 461. The highest BCUT2D eigenvalue weighted by atomic mass is 32.1. The van der Waals surface area contributed by atoms with Crippen LogP contribution >= 0.6 is 11.3 Å². The molecule has 0 amide bonds. The molecule has 0 aromatic carbocycles. The Labute approximate surface area is 105 Å². The molecule has 0 radical (unpaired) electrons. The van der Waals surface area contributed by atoms with Gasteiger partial charge in [-0.3, -0.25) is 0 Å². The predicted octanol–water partition coefficient (Wildman–Crippen LogP) is 3.50. The third kappa shape index (κ3) is 2.31. The molecule has 0 spiro atoms. The van der Waals surface area contributed by atoms with Crippen LogP contribution < -0.4 is 0 Å². The monoisotopic (exact) mass is 248 g/mol. The molecule has 0 saturated heterocycles. The minimum atomic E-state index is -0.386. The highest BCUT2D eigenvalue weighted by Crippen LogP contribution is 2.33. The third-order valence-corrected chi connectivity index (χ3v) is 4.69. The average Bonchev–Trinajstić information content (AvgIpc) is 2.96. The maximum Gasteiger partial charge on any atom is 0.0935 e. The first kappa shape index (κ1) is 11.1. The van der Waals surface area contributed by atoms with E-state index in [2.05, 4.69) is 6.07 Å².